The van der Waals surface area contributed by atoms with Crippen LogP contribution >= 0.6 is 0 Å². The van der Waals surface area contributed by atoms with Gasteiger partial charge in [0.15, 0.2) is 37.0 Å². The third kappa shape index (κ3) is 6.26. The summed E-state index contributed by atoms with van der Waals surface area (Å²) in [4.78, 5) is 0. The molecule has 0 N–H and O–H groups in total. The molecule has 0 fully saturated rings. The maximum absolute atomic E-state index is 12.9. The highest BCUT2D eigenvalue weighted by atomic mass is 19.3. The topological polar surface area (TPSA) is 9.23 Å². The van der Waals surface area contributed by atoms with Gasteiger partial charge in [-0.15, -0.1) is 0 Å². The standard InChI is InChI=1S/C10H10F12O/c11-1(3(13)7(17)18)5(15)9(21)23-10(22)6(16)2(12)4(14)8(19)20/h1-10H. The lowest BCUT2D eigenvalue weighted by Gasteiger charge is -2.24. The molecule has 0 aromatic carbocycles. The van der Waals surface area contributed by atoms with Gasteiger partial charge in [0.2, 0.25) is 12.7 Å². The van der Waals surface area contributed by atoms with Crippen molar-refractivity contribution in [2.75, 3.05) is 0 Å². The minimum Gasteiger partial charge on any atom is -0.308 e. The third-order valence-electron chi connectivity index (χ3n) is 2.46. The summed E-state index contributed by atoms with van der Waals surface area (Å²) in [5, 5.41) is 0. The van der Waals surface area contributed by atoms with Crippen molar-refractivity contribution in [1.82, 2.24) is 0 Å². The van der Waals surface area contributed by atoms with E-state index in [4.69, 9.17) is 0 Å². The van der Waals surface area contributed by atoms with Gasteiger partial charge < -0.3 is 4.74 Å². The molecular formula is C10H10F12O. The molecule has 23 heavy (non-hydrogen) atoms. The average molecular weight is 374 g/mol. The Kier molecular flexibility index (Phi) is 9.06. The summed E-state index contributed by atoms with van der Waals surface area (Å²) in [6.07, 6.45) is -39.0. The lowest BCUT2D eigenvalue weighted by molar-refractivity contribution is -0.214. The summed E-state index contributed by atoms with van der Waals surface area (Å²) in [7, 11) is 0. The van der Waals surface area contributed by atoms with Crippen molar-refractivity contribution in [1.29, 1.82) is 0 Å². The van der Waals surface area contributed by atoms with Crippen LogP contribution in [-0.4, -0.2) is 62.6 Å². The highest BCUT2D eigenvalue weighted by Gasteiger charge is 2.45. The van der Waals surface area contributed by atoms with E-state index in [9.17, 15) is 52.7 Å². The van der Waals surface area contributed by atoms with Gasteiger partial charge in [0.05, 0.1) is 0 Å². The van der Waals surface area contributed by atoms with Gasteiger partial charge in [-0.2, -0.15) is 0 Å². The first kappa shape index (κ1) is 22.1. The number of ether oxygens (including phenoxy) is 1. The predicted molar refractivity (Wildman–Crippen MR) is 52.3 cm³/mol. The zero-order valence-electron chi connectivity index (χ0n) is 10.7. The zero-order valence-corrected chi connectivity index (χ0v) is 10.7. The molecular weight excluding hydrogens is 364 g/mol. The molecule has 8 unspecified atom stereocenters. The van der Waals surface area contributed by atoms with Crippen LogP contribution in [0.3, 0.4) is 0 Å². The van der Waals surface area contributed by atoms with Crippen LogP contribution in [0.2, 0.25) is 0 Å². The maximum Gasteiger partial charge on any atom is 0.272 e. The Labute approximate surface area is 121 Å². The van der Waals surface area contributed by atoms with E-state index >= 15 is 0 Å². The predicted octanol–water partition coefficient (Wildman–Crippen LogP) is 4.15. The second-order valence-corrected chi connectivity index (χ2v) is 4.17. The molecule has 0 radical (unpaired) electrons. The summed E-state index contributed by atoms with van der Waals surface area (Å²) in [6, 6.07) is 0. The Hall–Kier alpha value is -0.880. The minimum atomic E-state index is -4.07. The van der Waals surface area contributed by atoms with E-state index < -0.39 is 62.6 Å². The van der Waals surface area contributed by atoms with Crippen LogP contribution in [0.5, 0.6) is 0 Å². The van der Waals surface area contributed by atoms with Gasteiger partial charge in [-0.1, -0.05) is 0 Å². The van der Waals surface area contributed by atoms with Gasteiger partial charge in [0.25, 0.3) is 12.9 Å². The van der Waals surface area contributed by atoms with E-state index in [1.165, 1.54) is 0 Å². The third-order valence-corrected chi connectivity index (χ3v) is 2.46. The lowest BCUT2D eigenvalue weighted by Crippen LogP contribution is -2.44. The largest absolute Gasteiger partial charge is 0.308 e. The lowest BCUT2D eigenvalue weighted by atomic mass is 10.1. The SMILES string of the molecule is FC(F)C(F)C(F)C(F)C(F)OC(F)C(F)C(F)C(F)C(F)F. The first-order valence-corrected chi connectivity index (χ1v) is 5.76. The summed E-state index contributed by atoms with van der Waals surface area (Å²) in [6.45, 7) is 0. The van der Waals surface area contributed by atoms with Crippen molar-refractivity contribution in [3.05, 3.63) is 0 Å². The number of hydrogen-bond acceptors (Lipinski definition) is 1. The molecule has 8 atom stereocenters. The second kappa shape index (κ2) is 9.42. The zero-order chi connectivity index (χ0) is 18.5. The maximum atomic E-state index is 12.9. The molecule has 0 aromatic rings. The van der Waals surface area contributed by atoms with Crippen molar-refractivity contribution in [3.63, 3.8) is 0 Å². The summed E-state index contributed by atoms with van der Waals surface area (Å²) in [5.74, 6) is 0. The van der Waals surface area contributed by atoms with Crippen LogP contribution in [0, 0.1) is 0 Å². The Balaban J connectivity index is 4.67. The van der Waals surface area contributed by atoms with Crippen LogP contribution < -0.4 is 0 Å². The van der Waals surface area contributed by atoms with E-state index in [1.807, 2.05) is 0 Å². The molecule has 0 aromatic heterocycles. The number of alkyl halides is 12. The first-order valence-electron chi connectivity index (χ1n) is 5.76. The Morgan fingerprint density at radius 3 is 0.826 bits per heavy atom. The van der Waals surface area contributed by atoms with E-state index in [-0.39, 0.29) is 0 Å². The van der Waals surface area contributed by atoms with Crippen molar-refractivity contribution < 1.29 is 57.4 Å². The smallest absolute Gasteiger partial charge is 0.272 e. The fraction of sp³-hybridized carbons (Fsp3) is 1.00. The summed E-state index contributed by atoms with van der Waals surface area (Å²) < 4.78 is 152. The molecule has 0 aliphatic heterocycles. The number of hydrogen-bond donors (Lipinski definition) is 0. The van der Waals surface area contributed by atoms with E-state index in [0.29, 0.717) is 0 Å². The van der Waals surface area contributed by atoms with Crippen molar-refractivity contribution in [2.24, 2.45) is 0 Å². The molecule has 0 aliphatic rings. The summed E-state index contributed by atoms with van der Waals surface area (Å²) in [5.41, 5.74) is 0. The van der Waals surface area contributed by atoms with Gasteiger partial charge in [0.1, 0.15) is 0 Å². The molecule has 1 nitrogen and oxygen atoms in total. The first-order chi connectivity index (χ1) is 10.4. The molecule has 0 saturated heterocycles. The number of halogens is 12. The van der Waals surface area contributed by atoms with Crippen LogP contribution in [0.4, 0.5) is 52.7 Å². The van der Waals surface area contributed by atoms with Gasteiger partial charge >= 0.3 is 0 Å². The average Bonchev–Trinajstić information content (AvgIpc) is 2.49. The monoisotopic (exact) mass is 374 g/mol. The van der Waals surface area contributed by atoms with Crippen LogP contribution in [0.15, 0.2) is 0 Å². The molecule has 0 spiro atoms. The highest BCUT2D eigenvalue weighted by Crippen LogP contribution is 2.27. The molecule has 0 rings (SSSR count). The summed E-state index contributed by atoms with van der Waals surface area (Å²) >= 11 is 0. The second-order valence-electron chi connectivity index (χ2n) is 4.17. The van der Waals surface area contributed by atoms with Gasteiger partial charge in [-0.25, -0.2) is 52.7 Å². The molecule has 0 amide bonds. The Morgan fingerprint density at radius 1 is 0.348 bits per heavy atom. The van der Waals surface area contributed by atoms with E-state index in [0.717, 1.165) is 0 Å². The minimum absolute atomic E-state index is 3.09. The molecule has 0 bridgehead atoms. The molecule has 0 saturated carbocycles. The van der Waals surface area contributed by atoms with Crippen LogP contribution in [-0.2, 0) is 4.74 Å². The van der Waals surface area contributed by atoms with Crippen molar-refractivity contribution >= 4 is 0 Å². The number of rotatable bonds is 10. The van der Waals surface area contributed by atoms with Crippen molar-refractivity contribution in [3.8, 4) is 0 Å². The molecule has 140 valence electrons. The molecule has 0 aliphatic carbocycles. The van der Waals surface area contributed by atoms with Gasteiger partial charge in [-0.3, -0.25) is 0 Å². The molecule has 0 heterocycles. The fourth-order valence-corrected chi connectivity index (χ4v) is 1.19. The van der Waals surface area contributed by atoms with Crippen LogP contribution in [0.25, 0.3) is 0 Å². The van der Waals surface area contributed by atoms with E-state index in [2.05, 4.69) is 4.74 Å². The molecule has 13 heteroatoms. The van der Waals surface area contributed by atoms with Crippen LogP contribution in [0.1, 0.15) is 0 Å². The van der Waals surface area contributed by atoms with E-state index in [1.54, 1.807) is 0 Å². The highest BCUT2D eigenvalue weighted by molar-refractivity contribution is 4.83. The fourth-order valence-electron chi connectivity index (χ4n) is 1.19. The van der Waals surface area contributed by atoms with Crippen molar-refractivity contribution in [2.45, 2.75) is 62.6 Å². The van der Waals surface area contributed by atoms with Gasteiger partial charge in [-0.05, 0) is 0 Å². The normalized spacial score (nSPS) is 23.2. The Morgan fingerprint density at radius 2 is 0.609 bits per heavy atom. The van der Waals surface area contributed by atoms with Gasteiger partial charge in [0, 0.05) is 0 Å². The quantitative estimate of drug-likeness (QED) is 0.522. The Bertz CT molecular complexity index is 301.